The first-order valence-electron chi connectivity index (χ1n) is 7.26. The summed E-state index contributed by atoms with van der Waals surface area (Å²) in [6, 6.07) is 10.9. The molecule has 2 atom stereocenters. The summed E-state index contributed by atoms with van der Waals surface area (Å²) in [5.41, 5.74) is 6.84. The molecular formula is C16H24N2O. The van der Waals surface area contributed by atoms with Gasteiger partial charge in [-0.25, -0.2) is 0 Å². The smallest absolute Gasteiger partial charge is 0.222 e. The second-order valence-corrected chi connectivity index (χ2v) is 5.46. The van der Waals surface area contributed by atoms with Crippen molar-refractivity contribution in [1.29, 1.82) is 0 Å². The molecule has 1 fully saturated rings. The number of nitrogens with zero attached hydrogens (tertiary/aromatic N) is 1. The predicted molar refractivity (Wildman–Crippen MR) is 77.7 cm³/mol. The maximum Gasteiger partial charge on any atom is 0.222 e. The van der Waals surface area contributed by atoms with Gasteiger partial charge in [-0.2, -0.15) is 0 Å². The molecule has 0 aromatic heterocycles. The Morgan fingerprint density at radius 2 is 2.11 bits per heavy atom. The molecule has 2 unspecified atom stereocenters. The highest BCUT2D eigenvalue weighted by atomic mass is 16.2. The van der Waals surface area contributed by atoms with Gasteiger partial charge in [0.25, 0.3) is 0 Å². The lowest BCUT2D eigenvalue weighted by Gasteiger charge is -2.25. The van der Waals surface area contributed by atoms with Gasteiger partial charge in [-0.05, 0) is 44.2 Å². The van der Waals surface area contributed by atoms with Gasteiger partial charge in [-0.3, -0.25) is 4.79 Å². The summed E-state index contributed by atoms with van der Waals surface area (Å²) < 4.78 is 0. The molecule has 0 aliphatic carbocycles. The van der Waals surface area contributed by atoms with E-state index in [0.717, 1.165) is 25.8 Å². The Balaban J connectivity index is 1.90. The maximum absolute atomic E-state index is 12.1. The van der Waals surface area contributed by atoms with Crippen LogP contribution in [0.4, 0.5) is 0 Å². The van der Waals surface area contributed by atoms with Crippen LogP contribution in [0, 0.1) is 5.92 Å². The number of likely N-dealkylation sites (tertiary alicyclic amines) is 1. The lowest BCUT2D eigenvalue weighted by Crippen LogP contribution is -2.36. The summed E-state index contributed by atoms with van der Waals surface area (Å²) in [6.45, 7) is 3.68. The SMILES string of the molecule is CC1C(Cc2ccccc2)CCN1C(=O)CCCN. The van der Waals surface area contributed by atoms with Gasteiger partial charge in [0.15, 0.2) is 0 Å². The number of benzene rings is 1. The maximum atomic E-state index is 12.1. The summed E-state index contributed by atoms with van der Waals surface area (Å²) in [6.07, 6.45) is 3.58. The van der Waals surface area contributed by atoms with Gasteiger partial charge in [0, 0.05) is 19.0 Å². The second-order valence-electron chi connectivity index (χ2n) is 5.46. The number of hydrogen-bond donors (Lipinski definition) is 1. The number of amides is 1. The van der Waals surface area contributed by atoms with E-state index >= 15 is 0 Å². The monoisotopic (exact) mass is 260 g/mol. The molecule has 0 spiro atoms. The van der Waals surface area contributed by atoms with E-state index in [-0.39, 0.29) is 5.91 Å². The summed E-state index contributed by atoms with van der Waals surface area (Å²) in [5, 5.41) is 0. The Morgan fingerprint density at radius 1 is 1.37 bits per heavy atom. The minimum absolute atomic E-state index is 0.272. The first-order valence-corrected chi connectivity index (χ1v) is 7.26. The summed E-state index contributed by atoms with van der Waals surface area (Å²) in [4.78, 5) is 14.1. The standard InChI is InChI=1S/C16H24N2O/c1-13-15(12-14-6-3-2-4-7-14)9-11-18(13)16(19)8-5-10-17/h2-4,6-7,13,15H,5,8-12,17H2,1H3. The number of hydrogen-bond acceptors (Lipinski definition) is 2. The van der Waals surface area contributed by atoms with Gasteiger partial charge in [0.2, 0.25) is 5.91 Å². The van der Waals surface area contributed by atoms with E-state index in [1.54, 1.807) is 0 Å². The van der Waals surface area contributed by atoms with Crippen LogP contribution in [0.2, 0.25) is 0 Å². The van der Waals surface area contributed by atoms with Crippen molar-refractivity contribution in [2.75, 3.05) is 13.1 Å². The third-order valence-electron chi connectivity index (χ3n) is 4.17. The third-order valence-corrected chi connectivity index (χ3v) is 4.17. The zero-order valence-electron chi connectivity index (χ0n) is 11.7. The molecule has 0 radical (unpaired) electrons. The van der Waals surface area contributed by atoms with Crippen LogP contribution >= 0.6 is 0 Å². The molecule has 3 heteroatoms. The Labute approximate surface area is 115 Å². The molecule has 2 N–H and O–H groups in total. The zero-order chi connectivity index (χ0) is 13.7. The van der Waals surface area contributed by atoms with E-state index < -0.39 is 0 Å². The highest BCUT2D eigenvalue weighted by molar-refractivity contribution is 5.76. The van der Waals surface area contributed by atoms with Crippen LogP contribution in [0.3, 0.4) is 0 Å². The Kier molecular flexibility index (Phi) is 4.97. The minimum atomic E-state index is 0.272. The average Bonchev–Trinajstić information content (AvgIpc) is 2.79. The lowest BCUT2D eigenvalue weighted by molar-refractivity contribution is -0.132. The Hall–Kier alpha value is -1.35. The van der Waals surface area contributed by atoms with E-state index in [4.69, 9.17) is 5.73 Å². The molecular weight excluding hydrogens is 236 g/mol. The van der Waals surface area contributed by atoms with E-state index in [2.05, 4.69) is 31.2 Å². The number of carbonyl (C=O) groups excluding carboxylic acids is 1. The normalized spacial score (nSPS) is 22.7. The molecule has 1 aliphatic heterocycles. The van der Waals surface area contributed by atoms with Crippen molar-refractivity contribution < 1.29 is 4.79 Å². The molecule has 1 amide bonds. The molecule has 19 heavy (non-hydrogen) atoms. The topological polar surface area (TPSA) is 46.3 Å². The van der Waals surface area contributed by atoms with Crippen LogP contribution in [0.1, 0.15) is 31.7 Å². The third kappa shape index (κ3) is 3.57. The van der Waals surface area contributed by atoms with E-state index in [1.807, 2.05) is 11.0 Å². The molecule has 1 aliphatic rings. The minimum Gasteiger partial charge on any atom is -0.340 e. The lowest BCUT2D eigenvalue weighted by atomic mass is 9.93. The van der Waals surface area contributed by atoms with Gasteiger partial charge in [0.1, 0.15) is 0 Å². The van der Waals surface area contributed by atoms with Crippen molar-refractivity contribution >= 4 is 5.91 Å². The fraction of sp³-hybridized carbons (Fsp3) is 0.562. The van der Waals surface area contributed by atoms with Crippen LogP contribution in [0.5, 0.6) is 0 Å². The summed E-state index contributed by atoms with van der Waals surface area (Å²) in [5.74, 6) is 0.859. The molecule has 2 rings (SSSR count). The van der Waals surface area contributed by atoms with E-state index in [9.17, 15) is 4.79 Å². The summed E-state index contributed by atoms with van der Waals surface area (Å²) >= 11 is 0. The van der Waals surface area contributed by atoms with Gasteiger partial charge in [-0.15, -0.1) is 0 Å². The molecule has 1 aromatic rings. The van der Waals surface area contributed by atoms with Crippen LogP contribution < -0.4 is 5.73 Å². The first kappa shape index (κ1) is 14.1. The Bertz CT molecular complexity index is 404. The largest absolute Gasteiger partial charge is 0.340 e. The highest BCUT2D eigenvalue weighted by Gasteiger charge is 2.33. The van der Waals surface area contributed by atoms with E-state index in [0.29, 0.717) is 24.9 Å². The first-order chi connectivity index (χ1) is 9.22. The van der Waals surface area contributed by atoms with Crippen molar-refractivity contribution in [2.24, 2.45) is 11.7 Å². The van der Waals surface area contributed by atoms with Crippen molar-refractivity contribution in [3.63, 3.8) is 0 Å². The van der Waals surface area contributed by atoms with Gasteiger partial charge < -0.3 is 10.6 Å². The zero-order valence-corrected chi connectivity index (χ0v) is 11.7. The van der Waals surface area contributed by atoms with Crippen LogP contribution in [-0.4, -0.2) is 29.9 Å². The fourth-order valence-corrected chi connectivity index (χ4v) is 2.94. The molecule has 3 nitrogen and oxygen atoms in total. The quantitative estimate of drug-likeness (QED) is 0.882. The second kappa shape index (κ2) is 6.71. The molecule has 0 bridgehead atoms. The van der Waals surface area contributed by atoms with Crippen molar-refractivity contribution in [3.05, 3.63) is 35.9 Å². The van der Waals surface area contributed by atoms with Gasteiger partial charge in [-0.1, -0.05) is 30.3 Å². The van der Waals surface area contributed by atoms with Crippen molar-refractivity contribution in [2.45, 2.75) is 38.6 Å². The number of nitrogens with two attached hydrogens (primary N) is 1. The Morgan fingerprint density at radius 3 is 2.79 bits per heavy atom. The molecule has 1 aromatic carbocycles. The summed E-state index contributed by atoms with van der Waals surface area (Å²) in [7, 11) is 0. The predicted octanol–water partition coefficient (Wildman–Crippen LogP) is 2.21. The molecule has 1 heterocycles. The van der Waals surface area contributed by atoms with Crippen LogP contribution in [0.25, 0.3) is 0 Å². The highest BCUT2D eigenvalue weighted by Crippen LogP contribution is 2.28. The number of rotatable bonds is 5. The van der Waals surface area contributed by atoms with Crippen molar-refractivity contribution in [3.8, 4) is 0 Å². The fourth-order valence-electron chi connectivity index (χ4n) is 2.94. The van der Waals surface area contributed by atoms with Gasteiger partial charge >= 0.3 is 0 Å². The van der Waals surface area contributed by atoms with Gasteiger partial charge in [0.05, 0.1) is 0 Å². The van der Waals surface area contributed by atoms with Crippen LogP contribution in [-0.2, 0) is 11.2 Å². The molecule has 104 valence electrons. The van der Waals surface area contributed by atoms with Crippen LogP contribution in [0.15, 0.2) is 30.3 Å². The number of carbonyl (C=O) groups is 1. The average molecular weight is 260 g/mol. The van der Waals surface area contributed by atoms with Crippen molar-refractivity contribution in [1.82, 2.24) is 4.90 Å². The van der Waals surface area contributed by atoms with E-state index in [1.165, 1.54) is 5.56 Å². The molecule has 1 saturated heterocycles. The molecule has 0 saturated carbocycles.